The second-order valence-electron chi connectivity index (χ2n) is 14.4. The van der Waals surface area contributed by atoms with Crippen LogP contribution in [0.1, 0.15) is 22.3 Å². The SMILES string of the molecule is c1ccc(-c2ccc(N(c3cccc(C4(c5ccccc5)c5ccccc5-c5cccc6cccc4c56)c3)c3ccc4c(c3)sc3ccccc34)cc2)cc1. The van der Waals surface area contributed by atoms with Crippen molar-refractivity contribution in [2.45, 2.75) is 5.41 Å². The lowest BCUT2D eigenvalue weighted by Gasteiger charge is -2.42. The zero-order chi connectivity index (χ0) is 36.3. The van der Waals surface area contributed by atoms with E-state index in [1.54, 1.807) is 0 Å². The maximum atomic E-state index is 2.44. The lowest BCUT2D eigenvalue weighted by atomic mass is 9.59. The molecule has 1 aliphatic carbocycles. The van der Waals surface area contributed by atoms with Crippen LogP contribution in [0, 0.1) is 0 Å². The quantitative estimate of drug-likeness (QED) is 0.166. The van der Waals surface area contributed by atoms with Crippen LogP contribution in [0.2, 0.25) is 0 Å². The lowest BCUT2D eigenvalue weighted by molar-refractivity contribution is 0.750. The maximum Gasteiger partial charge on any atom is 0.0714 e. The minimum absolute atomic E-state index is 0.556. The van der Waals surface area contributed by atoms with Gasteiger partial charge in [0.2, 0.25) is 0 Å². The first-order valence-corrected chi connectivity index (χ1v) is 19.7. The molecule has 0 radical (unpaired) electrons. The fourth-order valence-corrected chi connectivity index (χ4v) is 10.3. The van der Waals surface area contributed by atoms with E-state index in [0.29, 0.717) is 0 Å². The van der Waals surface area contributed by atoms with Gasteiger partial charge in [0.15, 0.2) is 0 Å². The van der Waals surface area contributed by atoms with Crippen molar-refractivity contribution in [1.29, 1.82) is 0 Å². The predicted octanol–water partition coefficient (Wildman–Crippen LogP) is 14.7. The number of nitrogens with zero attached hydrogens (tertiary/aromatic N) is 1. The Hall–Kier alpha value is -6.74. The van der Waals surface area contributed by atoms with Gasteiger partial charge in [-0.3, -0.25) is 0 Å². The van der Waals surface area contributed by atoms with E-state index in [4.69, 9.17) is 0 Å². The third-order valence-electron chi connectivity index (χ3n) is 11.5. The molecule has 11 rings (SSSR count). The standard InChI is InChI=1S/C53H35NS/c1-3-14-36(15-4-1)37-28-30-41(31-29-37)54(43-32-33-46-45-23-8-10-27-50(45)55-51(46)35-43)42-21-13-20-40(34-42)53(39-18-5-2-6-19-39)48-25-9-7-22-44(48)47-24-11-16-38-17-12-26-49(53)52(38)47/h1-35H. The minimum Gasteiger partial charge on any atom is -0.310 e. The van der Waals surface area contributed by atoms with Crippen LogP contribution in [0.5, 0.6) is 0 Å². The van der Waals surface area contributed by atoms with Gasteiger partial charge >= 0.3 is 0 Å². The minimum atomic E-state index is -0.556. The second-order valence-corrected chi connectivity index (χ2v) is 15.5. The van der Waals surface area contributed by atoms with Crippen molar-refractivity contribution in [3.05, 3.63) is 235 Å². The van der Waals surface area contributed by atoms with Crippen LogP contribution < -0.4 is 4.90 Å². The highest BCUT2D eigenvalue weighted by Crippen LogP contribution is 2.56. The molecule has 0 amide bonds. The molecule has 258 valence electrons. The number of thiophene rings is 1. The molecule has 0 saturated heterocycles. The Morgan fingerprint density at radius 1 is 0.364 bits per heavy atom. The van der Waals surface area contributed by atoms with Crippen LogP contribution in [0.4, 0.5) is 17.1 Å². The monoisotopic (exact) mass is 717 g/mol. The van der Waals surface area contributed by atoms with Gasteiger partial charge in [-0.25, -0.2) is 0 Å². The summed E-state index contributed by atoms with van der Waals surface area (Å²) in [4.78, 5) is 2.43. The van der Waals surface area contributed by atoms with E-state index < -0.39 is 5.41 Å². The van der Waals surface area contributed by atoms with Crippen LogP contribution in [-0.2, 0) is 5.41 Å². The summed E-state index contributed by atoms with van der Waals surface area (Å²) in [5.41, 5.74) is 12.9. The van der Waals surface area contributed by atoms with E-state index in [1.165, 1.54) is 75.5 Å². The van der Waals surface area contributed by atoms with Crippen molar-refractivity contribution < 1.29 is 0 Å². The summed E-state index contributed by atoms with van der Waals surface area (Å²) < 4.78 is 2.59. The summed E-state index contributed by atoms with van der Waals surface area (Å²) in [6, 6.07) is 78.4. The van der Waals surface area contributed by atoms with Gasteiger partial charge in [0.1, 0.15) is 0 Å². The number of anilines is 3. The number of benzene rings is 9. The van der Waals surface area contributed by atoms with E-state index in [1.807, 2.05) is 11.3 Å². The topological polar surface area (TPSA) is 3.24 Å². The molecule has 55 heavy (non-hydrogen) atoms. The normalized spacial score (nSPS) is 14.6. The second kappa shape index (κ2) is 12.7. The average molecular weight is 718 g/mol. The molecule has 0 spiro atoms. The third-order valence-corrected chi connectivity index (χ3v) is 12.7. The van der Waals surface area contributed by atoms with Crippen LogP contribution in [0.3, 0.4) is 0 Å². The smallest absolute Gasteiger partial charge is 0.0714 e. The van der Waals surface area contributed by atoms with Crippen molar-refractivity contribution in [2.24, 2.45) is 0 Å². The molecule has 10 aromatic rings. The van der Waals surface area contributed by atoms with Gasteiger partial charge in [0, 0.05) is 37.2 Å². The van der Waals surface area contributed by atoms with Crippen LogP contribution in [0.25, 0.3) is 53.2 Å². The van der Waals surface area contributed by atoms with Crippen LogP contribution >= 0.6 is 11.3 Å². The summed E-state index contributed by atoms with van der Waals surface area (Å²) >= 11 is 1.86. The van der Waals surface area contributed by atoms with Crippen molar-refractivity contribution in [3.8, 4) is 22.3 Å². The Kier molecular flexibility index (Phi) is 7.33. The van der Waals surface area contributed by atoms with Gasteiger partial charge in [0.25, 0.3) is 0 Å². The van der Waals surface area contributed by atoms with Crippen molar-refractivity contribution >= 4 is 59.3 Å². The Morgan fingerprint density at radius 2 is 0.964 bits per heavy atom. The highest BCUT2D eigenvalue weighted by atomic mass is 32.1. The van der Waals surface area contributed by atoms with E-state index in [9.17, 15) is 0 Å². The van der Waals surface area contributed by atoms with E-state index in [-0.39, 0.29) is 0 Å². The fraction of sp³-hybridized carbons (Fsp3) is 0.0189. The summed E-state index contributed by atoms with van der Waals surface area (Å²) in [7, 11) is 0. The van der Waals surface area contributed by atoms with E-state index in [2.05, 4.69) is 217 Å². The average Bonchev–Trinajstić information content (AvgIpc) is 3.63. The Bertz CT molecular complexity index is 3030. The van der Waals surface area contributed by atoms with Crippen LogP contribution in [-0.4, -0.2) is 0 Å². The van der Waals surface area contributed by atoms with Gasteiger partial charge in [0.05, 0.1) is 5.41 Å². The number of hydrogen-bond acceptors (Lipinski definition) is 2. The number of hydrogen-bond donors (Lipinski definition) is 0. The predicted molar refractivity (Wildman–Crippen MR) is 234 cm³/mol. The third kappa shape index (κ3) is 4.92. The van der Waals surface area contributed by atoms with E-state index in [0.717, 1.165) is 17.1 Å². The van der Waals surface area contributed by atoms with Gasteiger partial charge in [-0.2, -0.15) is 0 Å². The van der Waals surface area contributed by atoms with E-state index >= 15 is 0 Å². The van der Waals surface area contributed by atoms with Crippen LogP contribution in [0.15, 0.2) is 212 Å². The van der Waals surface area contributed by atoms with Gasteiger partial charge in [-0.05, 0) is 97.7 Å². The first-order valence-electron chi connectivity index (χ1n) is 18.9. The molecule has 0 aliphatic heterocycles. The molecule has 0 bridgehead atoms. The fourth-order valence-electron chi connectivity index (χ4n) is 9.16. The molecular formula is C53H35NS. The molecule has 0 saturated carbocycles. The molecule has 1 atom stereocenters. The Labute approximate surface area is 325 Å². The molecule has 1 nitrogen and oxygen atoms in total. The molecule has 0 fully saturated rings. The molecule has 2 heteroatoms. The van der Waals surface area contributed by atoms with Gasteiger partial charge in [-0.1, -0.05) is 170 Å². The molecule has 1 aliphatic rings. The zero-order valence-electron chi connectivity index (χ0n) is 30.1. The van der Waals surface area contributed by atoms with Crippen molar-refractivity contribution in [3.63, 3.8) is 0 Å². The van der Waals surface area contributed by atoms with Crippen molar-refractivity contribution in [2.75, 3.05) is 4.90 Å². The van der Waals surface area contributed by atoms with Gasteiger partial charge in [-0.15, -0.1) is 11.3 Å². The summed E-state index contributed by atoms with van der Waals surface area (Å²) in [6.45, 7) is 0. The highest BCUT2D eigenvalue weighted by molar-refractivity contribution is 7.25. The Balaban J connectivity index is 1.17. The molecule has 1 heterocycles. The number of fused-ring (bicyclic) bond motifs is 5. The molecule has 0 N–H and O–H groups in total. The molecule has 9 aromatic carbocycles. The maximum absolute atomic E-state index is 2.44. The van der Waals surface area contributed by atoms with Gasteiger partial charge < -0.3 is 4.90 Å². The molecular weight excluding hydrogens is 683 g/mol. The highest BCUT2D eigenvalue weighted by Gasteiger charge is 2.44. The zero-order valence-corrected chi connectivity index (χ0v) is 30.9. The lowest BCUT2D eigenvalue weighted by Crippen LogP contribution is -2.34. The summed E-state index contributed by atoms with van der Waals surface area (Å²) in [5, 5.41) is 5.19. The summed E-state index contributed by atoms with van der Waals surface area (Å²) in [5.74, 6) is 0. The Morgan fingerprint density at radius 3 is 1.82 bits per heavy atom. The first-order chi connectivity index (χ1) is 27.3. The molecule has 1 unspecified atom stereocenters. The summed E-state index contributed by atoms with van der Waals surface area (Å²) in [6.07, 6.45) is 0. The van der Waals surface area contributed by atoms with Crippen molar-refractivity contribution in [1.82, 2.24) is 0 Å². The first kappa shape index (κ1) is 31.8. The largest absolute Gasteiger partial charge is 0.310 e. The number of rotatable bonds is 6. The molecule has 1 aromatic heterocycles.